The first-order valence-corrected chi connectivity index (χ1v) is 12.2. The predicted octanol–water partition coefficient (Wildman–Crippen LogP) is 3.50. The van der Waals surface area contributed by atoms with Gasteiger partial charge in [0.25, 0.3) is 5.91 Å². The zero-order valence-corrected chi connectivity index (χ0v) is 19.4. The number of hydrazine groups is 1. The molecule has 0 bridgehead atoms. The van der Waals surface area contributed by atoms with Crippen molar-refractivity contribution < 1.29 is 22.7 Å². The van der Waals surface area contributed by atoms with E-state index in [1.807, 2.05) is 44.2 Å². The number of hydrogen-bond donors (Lipinski definition) is 2. The molecule has 0 spiro atoms. The molecule has 0 fully saturated rings. The highest BCUT2D eigenvalue weighted by atomic mass is 32.2. The van der Waals surface area contributed by atoms with Crippen LogP contribution in [0.5, 0.6) is 0 Å². The van der Waals surface area contributed by atoms with Crippen molar-refractivity contribution in [2.24, 2.45) is 0 Å². The number of hydrogen-bond acceptors (Lipinski definition) is 5. The van der Waals surface area contributed by atoms with Gasteiger partial charge in [-0.05, 0) is 55.5 Å². The van der Waals surface area contributed by atoms with E-state index in [0.29, 0.717) is 32.4 Å². The van der Waals surface area contributed by atoms with E-state index in [9.17, 15) is 18.0 Å². The first-order valence-electron chi connectivity index (χ1n) is 10.8. The second-order valence-corrected chi connectivity index (χ2v) is 9.17. The number of carbonyl (C=O) groups excluding carboxylic acids is 2. The van der Waals surface area contributed by atoms with Crippen LogP contribution >= 0.6 is 0 Å². The van der Waals surface area contributed by atoms with Crippen LogP contribution in [0.25, 0.3) is 0 Å². The maximum Gasteiger partial charge on any atom is 0.426 e. The van der Waals surface area contributed by atoms with E-state index < -0.39 is 22.0 Å². The van der Waals surface area contributed by atoms with Crippen molar-refractivity contribution in [3.63, 3.8) is 0 Å². The monoisotopic (exact) mass is 461 g/mol. The third-order valence-electron chi connectivity index (χ3n) is 4.66. The summed E-state index contributed by atoms with van der Waals surface area (Å²) in [5.74, 6) is -0.575. The fourth-order valence-electron chi connectivity index (χ4n) is 3.08. The Labute approximate surface area is 190 Å². The molecule has 0 aliphatic heterocycles. The van der Waals surface area contributed by atoms with Crippen molar-refractivity contribution in [2.75, 3.05) is 19.7 Å². The summed E-state index contributed by atoms with van der Waals surface area (Å²) in [5.41, 5.74) is 5.81. The van der Waals surface area contributed by atoms with E-state index in [2.05, 4.69) is 10.9 Å². The molecule has 8 nitrogen and oxygen atoms in total. The summed E-state index contributed by atoms with van der Waals surface area (Å²) in [6.45, 7) is 4.95. The number of sulfonamides is 1. The Kier molecular flexibility index (Phi) is 10.2. The van der Waals surface area contributed by atoms with Crippen LogP contribution in [0.15, 0.2) is 59.5 Å². The number of nitrogens with zero attached hydrogens (tertiary/aromatic N) is 1. The Morgan fingerprint density at radius 2 is 1.53 bits per heavy atom. The fourth-order valence-corrected chi connectivity index (χ4v) is 4.70. The molecular weight excluding hydrogens is 430 g/mol. The van der Waals surface area contributed by atoms with Gasteiger partial charge in [-0.2, -0.15) is 4.31 Å². The van der Waals surface area contributed by atoms with Gasteiger partial charge < -0.3 is 4.74 Å². The molecule has 0 saturated heterocycles. The van der Waals surface area contributed by atoms with E-state index in [-0.39, 0.29) is 17.1 Å². The van der Waals surface area contributed by atoms with Crippen molar-refractivity contribution in [1.29, 1.82) is 0 Å². The minimum absolute atomic E-state index is 0.127. The predicted molar refractivity (Wildman–Crippen MR) is 122 cm³/mol. The zero-order valence-electron chi connectivity index (χ0n) is 18.5. The molecule has 0 aliphatic carbocycles. The van der Waals surface area contributed by atoms with Crippen molar-refractivity contribution >= 4 is 22.0 Å². The lowest BCUT2D eigenvalue weighted by molar-refractivity contribution is 0.0909. The highest BCUT2D eigenvalue weighted by molar-refractivity contribution is 7.89. The topological polar surface area (TPSA) is 105 Å². The summed E-state index contributed by atoms with van der Waals surface area (Å²) in [4.78, 5) is 24.1. The summed E-state index contributed by atoms with van der Waals surface area (Å²) < 4.78 is 32.0. The molecule has 0 radical (unpaired) electrons. The minimum atomic E-state index is -3.61. The van der Waals surface area contributed by atoms with Crippen LogP contribution < -0.4 is 10.9 Å². The number of aryl methyl sites for hydroxylation is 1. The highest BCUT2D eigenvalue weighted by Crippen LogP contribution is 2.17. The Morgan fingerprint density at radius 1 is 0.906 bits per heavy atom. The van der Waals surface area contributed by atoms with Crippen molar-refractivity contribution in [1.82, 2.24) is 15.2 Å². The highest BCUT2D eigenvalue weighted by Gasteiger charge is 2.23. The van der Waals surface area contributed by atoms with Crippen LogP contribution in [-0.4, -0.2) is 44.4 Å². The second kappa shape index (κ2) is 12.8. The van der Waals surface area contributed by atoms with E-state index in [1.54, 1.807) is 0 Å². The molecule has 0 heterocycles. The van der Waals surface area contributed by atoms with Crippen LogP contribution in [0, 0.1) is 0 Å². The molecule has 0 aromatic heterocycles. The molecular formula is C23H31N3O5S. The molecule has 9 heteroatoms. The summed E-state index contributed by atoms with van der Waals surface area (Å²) in [6, 6.07) is 15.4. The van der Waals surface area contributed by atoms with Gasteiger partial charge in [-0.15, -0.1) is 0 Å². The first kappa shape index (κ1) is 25.4. The molecule has 32 heavy (non-hydrogen) atoms. The zero-order chi connectivity index (χ0) is 23.4. The standard InChI is InChI=1S/C23H31N3O5S/c1-3-16-26(17-4-2)32(29,30)21-14-12-20(13-15-21)22(27)24-25-23(28)31-18-8-11-19-9-6-5-7-10-19/h5-7,9-10,12-15H,3-4,8,11,16-18H2,1-2H3,(H,24,27)(H,25,28). The van der Waals surface area contributed by atoms with E-state index >= 15 is 0 Å². The molecule has 0 aliphatic rings. The Morgan fingerprint density at radius 3 is 2.12 bits per heavy atom. The van der Waals surface area contributed by atoms with Crippen LogP contribution in [0.2, 0.25) is 0 Å². The summed E-state index contributed by atoms with van der Waals surface area (Å²) in [7, 11) is -3.61. The molecule has 2 N–H and O–H groups in total. The second-order valence-electron chi connectivity index (χ2n) is 7.23. The van der Waals surface area contributed by atoms with Crippen LogP contribution in [0.3, 0.4) is 0 Å². The van der Waals surface area contributed by atoms with E-state index in [0.717, 1.165) is 12.0 Å². The number of benzene rings is 2. The van der Waals surface area contributed by atoms with E-state index in [1.165, 1.54) is 28.6 Å². The number of nitrogens with one attached hydrogen (secondary N) is 2. The van der Waals surface area contributed by atoms with Crippen LogP contribution in [-0.2, 0) is 21.2 Å². The Hall–Kier alpha value is -2.91. The van der Waals surface area contributed by atoms with Gasteiger partial charge in [-0.3, -0.25) is 10.2 Å². The lowest BCUT2D eigenvalue weighted by atomic mass is 10.1. The normalized spacial score (nSPS) is 11.2. The quantitative estimate of drug-likeness (QED) is 0.394. The summed E-state index contributed by atoms with van der Waals surface area (Å²) in [6.07, 6.45) is 2.11. The van der Waals surface area contributed by atoms with Crippen LogP contribution in [0.1, 0.15) is 49.0 Å². The Balaban J connectivity index is 1.81. The van der Waals surface area contributed by atoms with Gasteiger partial charge in [0.2, 0.25) is 10.0 Å². The first-order chi connectivity index (χ1) is 15.4. The molecule has 174 valence electrons. The SMILES string of the molecule is CCCN(CCC)S(=O)(=O)c1ccc(C(=O)NNC(=O)OCCCc2ccccc2)cc1. The smallest absolute Gasteiger partial charge is 0.426 e. The van der Waals surface area contributed by atoms with Gasteiger partial charge in [-0.1, -0.05) is 44.2 Å². The molecule has 2 aromatic carbocycles. The molecule has 0 unspecified atom stereocenters. The van der Waals surface area contributed by atoms with Gasteiger partial charge >= 0.3 is 6.09 Å². The number of carbonyl (C=O) groups is 2. The van der Waals surface area contributed by atoms with Crippen molar-refractivity contribution in [3.05, 3.63) is 65.7 Å². The van der Waals surface area contributed by atoms with Crippen molar-refractivity contribution in [3.8, 4) is 0 Å². The summed E-state index contributed by atoms with van der Waals surface area (Å²) >= 11 is 0. The van der Waals surface area contributed by atoms with E-state index in [4.69, 9.17) is 4.74 Å². The number of amides is 2. The van der Waals surface area contributed by atoms with Gasteiger partial charge in [0.1, 0.15) is 0 Å². The molecule has 2 aromatic rings. The number of ether oxygens (including phenoxy) is 1. The molecule has 2 amide bonds. The molecule has 0 saturated carbocycles. The van der Waals surface area contributed by atoms with Crippen LogP contribution in [0.4, 0.5) is 4.79 Å². The van der Waals surface area contributed by atoms with Gasteiger partial charge in [0.15, 0.2) is 0 Å². The molecule has 0 atom stereocenters. The average molecular weight is 462 g/mol. The maximum atomic E-state index is 12.8. The average Bonchev–Trinajstić information content (AvgIpc) is 2.81. The summed E-state index contributed by atoms with van der Waals surface area (Å²) in [5, 5.41) is 0. The van der Waals surface area contributed by atoms with Crippen molar-refractivity contribution in [2.45, 2.75) is 44.4 Å². The lowest BCUT2D eigenvalue weighted by Gasteiger charge is -2.21. The van der Waals surface area contributed by atoms with Gasteiger partial charge in [0, 0.05) is 18.7 Å². The third kappa shape index (κ3) is 7.65. The maximum absolute atomic E-state index is 12.8. The molecule has 2 rings (SSSR count). The van der Waals surface area contributed by atoms with Gasteiger partial charge in [-0.25, -0.2) is 18.6 Å². The minimum Gasteiger partial charge on any atom is -0.448 e. The third-order valence-corrected chi connectivity index (χ3v) is 6.58. The fraction of sp³-hybridized carbons (Fsp3) is 0.391. The Bertz CT molecular complexity index is 957. The van der Waals surface area contributed by atoms with Gasteiger partial charge in [0.05, 0.1) is 11.5 Å². The number of rotatable bonds is 11. The lowest BCUT2D eigenvalue weighted by Crippen LogP contribution is -2.42. The largest absolute Gasteiger partial charge is 0.448 e.